The molecular formula is C23H28N2O3. The summed E-state index contributed by atoms with van der Waals surface area (Å²) in [6.45, 7) is 4.61. The van der Waals surface area contributed by atoms with Gasteiger partial charge in [0.15, 0.2) is 11.5 Å². The van der Waals surface area contributed by atoms with E-state index in [4.69, 9.17) is 9.47 Å². The van der Waals surface area contributed by atoms with Crippen molar-refractivity contribution >= 4 is 12.0 Å². The van der Waals surface area contributed by atoms with Crippen molar-refractivity contribution in [3.8, 4) is 11.5 Å². The number of amides is 1. The van der Waals surface area contributed by atoms with Crippen molar-refractivity contribution in [2.45, 2.75) is 6.42 Å². The van der Waals surface area contributed by atoms with Gasteiger partial charge in [-0.25, -0.2) is 0 Å². The molecule has 28 heavy (non-hydrogen) atoms. The van der Waals surface area contributed by atoms with Gasteiger partial charge in [0.25, 0.3) is 0 Å². The van der Waals surface area contributed by atoms with Gasteiger partial charge in [0.05, 0.1) is 20.1 Å². The van der Waals surface area contributed by atoms with Crippen molar-refractivity contribution in [1.82, 2.24) is 9.80 Å². The Bertz CT molecular complexity index is 768. The van der Waals surface area contributed by atoms with Crippen LogP contribution in [-0.2, 0) is 4.79 Å². The van der Waals surface area contributed by atoms with Gasteiger partial charge in [-0.1, -0.05) is 54.6 Å². The SMILES string of the molecule is COc1ccccc1OCCC(=O)N1CCN(C/C=C/c2ccccc2)CC1. The summed E-state index contributed by atoms with van der Waals surface area (Å²) < 4.78 is 11.0. The molecule has 1 fully saturated rings. The van der Waals surface area contributed by atoms with E-state index in [9.17, 15) is 4.79 Å². The van der Waals surface area contributed by atoms with Crippen molar-refractivity contribution in [3.05, 3.63) is 66.2 Å². The second-order valence-corrected chi connectivity index (χ2v) is 6.74. The lowest BCUT2D eigenvalue weighted by molar-refractivity contribution is -0.133. The van der Waals surface area contributed by atoms with Gasteiger partial charge in [-0.05, 0) is 17.7 Å². The van der Waals surface area contributed by atoms with Crippen LogP contribution in [0.4, 0.5) is 0 Å². The average molecular weight is 380 g/mol. The predicted octanol–water partition coefficient (Wildman–Crippen LogP) is 3.32. The summed E-state index contributed by atoms with van der Waals surface area (Å²) in [6, 6.07) is 17.8. The Morgan fingerprint density at radius 3 is 2.36 bits per heavy atom. The molecule has 2 aromatic rings. The first-order valence-electron chi connectivity index (χ1n) is 9.74. The van der Waals surface area contributed by atoms with E-state index >= 15 is 0 Å². The number of ether oxygens (including phenoxy) is 2. The van der Waals surface area contributed by atoms with Crippen LogP contribution in [0.2, 0.25) is 0 Å². The molecule has 0 aliphatic carbocycles. The minimum atomic E-state index is 0.148. The van der Waals surface area contributed by atoms with Crippen LogP contribution in [0.25, 0.3) is 6.08 Å². The maximum absolute atomic E-state index is 12.4. The van der Waals surface area contributed by atoms with Crippen LogP contribution < -0.4 is 9.47 Å². The van der Waals surface area contributed by atoms with Gasteiger partial charge in [-0.3, -0.25) is 9.69 Å². The third kappa shape index (κ3) is 5.86. The number of hydrogen-bond donors (Lipinski definition) is 0. The Labute approximate surface area is 167 Å². The average Bonchev–Trinajstić information content (AvgIpc) is 2.75. The molecule has 0 radical (unpaired) electrons. The second kappa shape index (κ2) is 10.5. The molecule has 1 aliphatic heterocycles. The molecule has 0 saturated carbocycles. The first-order valence-corrected chi connectivity index (χ1v) is 9.74. The van der Waals surface area contributed by atoms with Crippen LogP contribution in [0.5, 0.6) is 11.5 Å². The highest BCUT2D eigenvalue weighted by Crippen LogP contribution is 2.25. The fourth-order valence-corrected chi connectivity index (χ4v) is 3.23. The van der Waals surface area contributed by atoms with Gasteiger partial charge in [-0.15, -0.1) is 0 Å². The lowest BCUT2D eigenvalue weighted by atomic mass is 10.2. The Balaban J connectivity index is 1.36. The normalized spacial score (nSPS) is 15.0. The molecule has 0 atom stereocenters. The molecule has 5 nitrogen and oxygen atoms in total. The smallest absolute Gasteiger partial charge is 0.226 e. The van der Waals surface area contributed by atoms with Crippen molar-refractivity contribution in [2.24, 2.45) is 0 Å². The lowest BCUT2D eigenvalue weighted by Gasteiger charge is -2.34. The second-order valence-electron chi connectivity index (χ2n) is 6.74. The zero-order chi connectivity index (χ0) is 19.6. The van der Waals surface area contributed by atoms with E-state index in [2.05, 4.69) is 29.2 Å². The van der Waals surface area contributed by atoms with Crippen LogP contribution in [0.1, 0.15) is 12.0 Å². The zero-order valence-corrected chi connectivity index (χ0v) is 16.4. The first-order chi connectivity index (χ1) is 13.8. The highest BCUT2D eigenvalue weighted by atomic mass is 16.5. The largest absolute Gasteiger partial charge is 0.493 e. The molecule has 148 valence electrons. The molecular weight excluding hydrogens is 352 g/mol. The number of hydrogen-bond acceptors (Lipinski definition) is 4. The molecule has 0 unspecified atom stereocenters. The van der Waals surface area contributed by atoms with Crippen LogP contribution >= 0.6 is 0 Å². The van der Waals surface area contributed by atoms with E-state index in [1.165, 1.54) is 5.56 Å². The number of benzene rings is 2. The standard InChI is InChI=1S/C23H28N2O3/c1-27-21-11-5-6-12-22(21)28-19-13-23(26)25-17-15-24(16-18-25)14-7-10-20-8-3-2-4-9-20/h2-12H,13-19H2,1H3/b10-7+. The topological polar surface area (TPSA) is 42.0 Å². The summed E-state index contributed by atoms with van der Waals surface area (Å²) in [5.74, 6) is 1.51. The number of para-hydroxylation sites is 2. The third-order valence-electron chi connectivity index (χ3n) is 4.84. The summed E-state index contributed by atoms with van der Waals surface area (Å²) in [5, 5.41) is 0. The number of carbonyl (C=O) groups is 1. The van der Waals surface area contributed by atoms with E-state index in [1.807, 2.05) is 47.4 Å². The molecule has 1 heterocycles. The Hall–Kier alpha value is -2.79. The summed E-state index contributed by atoms with van der Waals surface area (Å²) in [7, 11) is 1.61. The maximum Gasteiger partial charge on any atom is 0.226 e. The number of rotatable bonds is 8. The molecule has 0 spiro atoms. The summed E-state index contributed by atoms with van der Waals surface area (Å²) in [6.07, 6.45) is 4.71. The van der Waals surface area contributed by atoms with Crippen LogP contribution in [0, 0.1) is 0 Å². The van der Waals surface area contributed by atoms with Gasteiger partial charge < -0.3 is 14.4 Å². The number of piperazine rings is 1. The molecule has 5 heteroatoms. The minimum absolute atomic E-state index is 0.148. The minimum Gasteiger partial charge on any atom is -0.493 e. The summed E-state index contributed by atoms with van der Waals surface area (Å²) >= 11 is 0. The molecule has 3 rings (SSSR count). The van der Waals surface area contributed by atoms with E-state index in [0.29, 0.717) is 24.5 Å². The van der Waals surface area contributed by atoms with Gasteiger partial charge in [-0.2, -0.15) is 0 Å². The van der Waals surface area contributed by atoms with Gasteiger partial charge in [0.2, 0.25) is 5.91 Å². The van der Waals surface area contributed by atoms with Gasteiger partial charge >= 0.3 is 0 Å². The van der Waals surface area contributed by atoms with Crippen LogP contribution in [0.15, 0.2) is 60.7 Å². The number of nitrogens with zero attached hydrogens (tertiary/aromatic N) is 2. The van der Waals surface area contributed by atoms with Gasteiger partial charge in [0, 0.05) is 32.7 Å². The van der Waals surface area contributed by atoms with Crippen molar-refractivity contribution in [2.75, 3.05) is 46.4 Å². The van der Waals surface area contributed by atoms with Crippen molar-refractivity contribution < 1.29 is 14.3 Å². The monoisotopic (exact) mass is 380 g/mol. The molecule has 2 aromatic carbocycles. The Morgan fingerprint density at radius 1 is 0.964 bits per heavy atom. The number of methoxy groups -OCH3 is 1. The van der Waals surface area contributed by atoms with Crippen molar-refractivity contribution in [1.29, 1.82) is 0 Å². The molecule has 1 aliphatic rings. The van der Waals surface area contributed by atoms with Gasteiger partial charge in [0.1, 0.15) is 0 Å². The lowest BCUT2D eigenvalue weighted by Crippen LogP contribution is -2.48. The predicted molar refractivity (Wildman–Crippen MR) is 112 cm³/mol. The maximum atomic E-state index is 12.4. The molecule has 1 saturated heterocycles. The molecule has 0 N–H and O–H groups in total. The van der Waals surface area contributed by atoms with E-state index in [1.54, 1.807) is 7.11 Å². The van der Waals surface area contributed by atoms with Crippen molar-refractivity contribution in [3.63, 3.8) is 0 Å². The van der Waals surface area contributed by atoms with E-state index in [0.717, 1.165) is 32.7 Å². The van der Waals surface area contributed by atoms with Crippen LogP contribution in [0.3, 0.4) is 0 Å². The summed E-state index contributed by atoms with van der Waals surface area (Å²) in [4.78, 5) is 16.7. The Kier molecular flexibility index (Phi) is 7.50. The van der Waals surface area contributed by atoms with E-state index in [-0.39, 0.29) is 5.91 Å². The van der Waals surface area contributed by atoms with E-state index < -0.39 is 0 Å². The fourth-order valence-electron chi connectivity index (χ4n) is 3.23. The fraction of sp³-hybridized carbons (Fsp3) is 0.348. The molecule has 0 aromatic heterocycles. The summed E-state index contributed by atoms with van der Waals surface area (Å²) in [5.41, 5.74) is 1.21. The quantitative estimate of drug-likeness (QED) is 0.705. The zero-order valence-electron chi connectivity index (χ0n) is 16.4. The first kappa shape index (κ1) is 20.0. The molecule has 0 bridgehead atoms. The van der Waals surface area contributed by atoms with Crippen LogP contribution in [-0.4, -0.2) is 62.1 Å². The highest BCUT2D eigenvalue weighted by molar-refractivity contribution is 5.76. The Morgan fingerprint density at radius 2 is 1.64 bits per heavy atom. The highest BCUT2D eigenvalue weighted by Gasteiger charge is 2.20. The molecule has 1 amide bonds. The number of carbonyl (C=O) groups excluding carboxylic acids is 1. The third-order valence-corrected chi connectivity index (χ3v) is 4.84.